The molecular formula is C14H20ClNO2. The first kappa shape index (κ1) is 13.7. The molecule has 3 nitrogen and oxygen atoms in total. The van der Waals surface area contributed by atoms with E-state index in [4.69, 9.17) is 26.8 Å². The number of hydrogen-bond acceptors (Lipinski definition) is 3. The fourth-order valence-corrected chi connectivity index (χ4v) is 2.38. The summed E-state index contributed by atoms with van der Waals surface area (Å²) < 4.78 is 11.5. The average molecular weight is 270 g/mol. The van der Waals surface area contributed by atoms with Crippen molar-refractivity contribution in [3.8, 4) is 5.75 Å². The normalized spacial score (nSPS) is 25.1. The van der Waals surface area contributed by atoms with E-state index in [1.165, 1.54) is 0 Å². The third-order valence-electron chi connectivity index (χ3n) is 3.21. The Balaban J connectivity index is 2.00. The van der Waals surface area contributed by atoms with Gasteiger partial charge in [0, 0.05) is 16.6 Å². The van der Waals surface area contributed by atoms with E-state index in [0.29, 0.717) is 17.7 Å². The highest BCUT2D eigenvalue weighted by molar-refractivity contribution is 6.30. The molecule has 3 unspecified atom stereocenters. The lowest BCUT2D eigenvalue weighted by atomic mass is 10.1. The van der Waals surface area contributed by atoms with E-state index in [9.17, 15) is 0 Å². The van der Waals surface area contributed by atoms with Gasteiger partial charge in [-0.15, -0.1) is 0 Å². The maximum absolute atomic E-state index is 5.97. The first-order chi connectivity index (χ1) is 8.56. The monoisotopic (exact) mass is 269 g/mol. The Kier molecular flexibility index (Phi) is 4.49. The molecule has 1 aromatic carbocycles. The Morgan fingerprint density at radius 2 is 2.28 bits per heavy atom. The van der Waals surface area contributed by atoms with Crippen LogP contribution in [0.2, 0.25) is 5.02 Å². The van der Waals surface area contributed by atoms with Crippen molar-refractivity contribution in [2.75, 3.05) is 6.61 Å². The Hall–Kier alpha value is -0.770. The van der Waals surface area contributed by atoms with Gasteiger partial charge in [-0.25, -0.2) is 0 Å². The van der Waals surface area contributed by atoms with Crippen LogP contribution in [-0.2, 0) is 4.74 Å². The fraction of sp³-hybridized carbons (Fsp3) is 0.571. The van der Waals surface area contributed by atoms with Gasteiger partial charge in [0.05, 0.1) is 12.2 Å². The molecular weight excluding hydrogens is 250 g/mol. The molecule has 0 saturated carbocycles. The van der Waals surface area contributed by atoms with Crippen molar-refractivity contribution in [2.45, 2.75) is 44.9 Å². The summed E-state index contributed by atoms with van der Waals surface area (Å²) in [4.78, 5) is 0. The zero-order chi connectivity index (χ0) is 13.1. The number of hydrogen-bond donors (Lipinski definition) is 1. The van der Waals surface area contributed by atoms with Crippen molar-refractivity contribution in [1.82, 2.24) is 0 Å². The predicted molar refractivity (Wildman–Crippen MR) is 73.1 cm³/mol. The van der Waals surface area contributed by atoms with Crippen LogP contribution in [0.25, 0.3) is 0 Å². The molecule has 2 N–H and O–H groups in total. The number of ether oxygens (including phenoxy) is 2. The predicted octanol–water partition coefficient (Wildman–Crippen LogP) is 3.31. The van der Waals surface area contributed by atoms with Crippen LogP contribution in [0.3, 0.4) is 0 Å². The van der Waals surface area contributed by atoms with E-state index in [0.717, 1.165) is 24.2 Å². The summed E-state index contributed by atoms with van der Waals surface area (Å²) in [5.41, 5.74) is 6.86. The SMILES string of the molecule is CC1CCC(COc2ccc(Cl)cc2C(C)N)O1. The number of benzene rings is 1. The second-order valence-corrected chi connectivity index (χ2v) is 5.36. The van der Waals surface area contributed by atoms with Crippen molar-refractivity contribution < 1.29 is 9.47 Å². The topological polar surface area (TPSA) is 44.5 Å². The highest BCUT2D eigenvalue weighted by Crippen LogP contribution is 2.28. The molecule has 1 aliphatic heterocycles. The minimum Gasteiger partial charge on any atom is -0.491 e. The smallest absolute Gasteiger partial charge is 0.124 e. The fourth-order valence-electron chi connectivity index (χ4n) is 2.20. The van der Waals surface area contributed by atoms with Crippen LogP contribution in [0.4, 0.5) is 0 Å². The summed E-state index contributed by atoms with van der Waals surface area (Å²) in [5.74, 6) is 0.803. The molecule has 2 rings (SSSR count). The number of nitrogens with two attached hydrogens (primary N) is 1. The van der Waals surface area contributed by atoms with Gasteiger partial charge >= 0.3 is 0 Å². The summed E-state index contributed by atoms with van der Waals surface area (Å²) in [7, 11) is 0. The van der Waals surface area contributed by atoms with E-state index >= 15 is 0 Å². The second-order valence-electron chi connectivity index (χ2n) is 4.93. The zero-order valence-electron chi connectivity index (χ0n) is 10.9. The molecule has 1 saturated heterocycles. The van der Waals surface area contributed by atoms with E-state index in [-0.39, 0.29) is 12.1 Å². The molecule has 4 heteroatoms. The summed E-state index contributed by atoms with van der Waals surface area (Å²) >= 11 is 5.97. The summed E-state index contributed by atoms with van der Waals surface area (Å²) in [6, 6.07) is 5.46. The van der Waals surface area contributed by atoms with Crippen LogP contribution in [0.15, 0.2) is 18.2 Å². The van der Waals surface area contributed by atoms with E-state index in [2.05, 4.69) is 6.92 Å². The molecule has 0 bridgehead atoms. The molecule has 18 heavy (non-hydrogen) atoms. The van der Waals surface area contributed by atoms with Gasteiger partial charge in [0.15, 0.2) is 0 Å². The molecule has 3 atom stereocenters. The van der Waals surface area contributed by atoms with Crippen LogP contribution in [-0.4, -0.2) is 18.8 Å². The average Bonchev–Trinajstić information content (AvgIpc) is 2.73. The van der Waals surface area contributed by atoms with Crippen LogP contribution in [0.5, 0.6) is 5.75 Å². The first-order valence-electron chi connectivity index (χ1n) is 6.39. The Bertz CT molecular complexity index is 409. The van der Waals surface area contributed by atoms with Gasteiger partial charge in [-0.3, -0.25) is 0 Å². The van der Waals surface area contributed by atoms with Gasteiger partial charge in [0.2, 0.25) is 0 Å². The molecule has 0 aromatic heterocycles. The van der Waals surface area contributed by atoms with Crippen LogP contribution >= 0.6 is 11.6 Å². The maximum atomic E-state index is 5.97. The van der Waals surface area contributed by atoms with Crippen molar-refractivity contribution in [2.24, 2.45) is 5.73 Å². The molecule has 0 spiro atoms. The lowest BCUT2D eigenvalue weighted by molar-refractivity contribution is 0.0262. The van der Waals surface area contributed by atoms with Gasteiger partial charge < -0.3 is 15.2 Å². The molecule has 100 valence electrons. The van der Waals surface area contributed by atoms with Crippen molar-refractivity contribution >= 4 is 11.6 Å². The summed E-state index contributed by atoms with van der Waals surface area (Å²) in [6.45, 7) is 4.59. The number of rotatable bonds is 4. The molecule has 0 amide bonds. The quantitative estimate of drug-likeness (QED) is 0.912. The standard InChI is InChI=1S/C14H20ClNO2/c1-9-3-5-12(18-9)8-17-14-6-4-11(15)7-13(14)10(2)16/h4,6-7,9-10,12H,3,5,8,16H2,1-2H3. The van der Waals surface area contributed by atoms with Crippen molar-refractivity contribution in [3.05, 3.63) is 28.8 Å². The lowest BCUT2D eigenvalue weighted by Gasteiger charge is -2.17. The van der Waals surface area contributed by atoms with Crippen LogP contribution in [0.1, 0.15) is 38.3 Å². The maximum Gasteiger partial charge on any atom is 0.124 e. The van der Waals surface area contributed by atoms with E-state index in [1.807, 2.05) is 25.1 Å². The minimum absolute atomic E-state index is 0.0953. The molecule has 1 heterocycles. The highest BCUT2D eigenvalue weighted by Gasteiger charge is 2.22. The summed E-state index contributed by atoms with van der Waals surface area (Å²) in [5, 5.41) is 0.681. The number of halogens is 1. The van der Waals surface area contributed by atoms with E-state index < -0.39 is 0 Å². The molecule has 0 radical (unpaired) electrons. The third-order valence-corrected chi connectivity index (χ3v) is 3.44. The Morgan fingerprint density at radius 3 is 2.89 bits per heavy atom. The zero-order valence-corrected chi connectivity index (χ0v) is 11.6. The van der Waals surface area contributed by atoms with Gasteiger partial charge in [-0.1, -0.05) is 11.6 Å². The molecule has 1 aliphatic rings. The van der Waals surface area contributed by atoms with Gasteiger partial charge in [0.1, 0.15) is 12.4 Å². The first-order valence-corrected chi connectivity index (χ1v) is 6.77. The summed E-state index contributed by atoms with van der Waals surface area (Å²) in [6.07, 6.45) is 2.70. The van der Waals surface area contributed by atoms with Gasteiger partial charge in [-0.05, 0) is 44.9 Å². The van der Waals surface area contributed by atoms with Crippen LogP contribution < -0.4 is 10.5 Å². The Morgan fingerprint density at radius 1 is 1.50 bits per heavy atom. The Labute approximate surface area is 113 Å². The lowest BCUT2D eigenvalue weighted by Crippen LogP contribution is -2.19. The largest absolute Gasteiger partial charge is 0.491 e. The van der Waals surface area contributed by atoms with Gasteiger partial charge in [0.25, 0.3) is 0 Å². The molecule has 1 fully saturated rings. The van der Waals surface area contributed by atoms with Crippen LogP contribution in [0, 0.1) is 0 Å². The third kappa shape index (κ3) is 3.37. The van der Waals surface area contributed by atoms with Crippen molar-refractivity contribution in [1.29, 1.82) is 0 Å². The minimum atomic E-state index is -0.0953. The highest BCUT2D eigenvalue weighted by atomic mass is 35.5. The van der Waals surface area contributed by atoms with E-state index in [1.54, 1.807) is 0 Å². The van der Waals surface area contributed by atoms with Crippen molar-refractivity contribution in [3.63, 3.8) is 0 Å². The van der Waals surface area contributed by atoms with Gasteiger partial charge in [-0.2, -0.15) is 0 Å². The molecule has 1 aromatic rings. The second kappa shape index (κ2) is 5.91. The molecule has 0 aliphatic carbocycles.